The maximum absolute atomic E-state index is 12.5. The summed E-state index contributed by atoms with van der Waals surface area (Å²) in [5.41, 5.74) is 0. The minimum Gasteiger partial charge on any atom is -0.379 e. The van der Waals surface area contributed by atoms with Crippen LogP contribution in [0, 0.1) is 5.92 Å². The number of likely N-dealkylation sites (N-methyl/N-ethyl adjacent to an activating group) is 1. The van der Waals surface area contributed by atoms with E-state index in [9.17, 15) is 4.79 Å². The van der Waals surface area contributed by atoms with Crippen molar-refractivity contribution in [3.63, 3.8) is 0 Å². The third-order valence-electron chi connectivity index (χ3n) is 4.35. The van der Waals surface area contributed by atoms with Crippen LogP contribution in [-0.2, 0) is 9.53 Å². The van der Waals surface area contributed by atoms with Crippen LogP contribution in [0.25, 0.3) is 0 Å². The fourth-order valence-corrected chi connectivity index (χ4v) is 2.91. The van der Waals surface area contributed by atoms with Gasteiger partial charge in [0.05, 0.1) is 19.1 Å². The van der Waals surface area contributed by atoms with Crippen LogP contribution >= 0.6 is 0 Å². The minimum absolute atomic E-state index is 0.0142. The lowest BCUT2D eigenvalue weighted by Gasteiger charge is -2.36. The predicted octanol–water partition coefficient (Wildman–Crippen LogP) is -0.227. The zero-order valence-corrected chi connectivity index (χ0v) is 11.7. The van der Waals surface area contributed by atoms with Crippen molar-refractivity contribution < 1.29 is 9.53 Å². The summed E-state index contributed by atoms with van der Waals surface area (Å²) in [5, 5.41) is 3.18. The van der Waals surface area contributed by atoms with E-state index >= 15 is 0 Å². The summed E-state index contributed by atoms with van der Waals surface area (Å²) in [5.74, 6) is 0.223. The van der Waals surface area contributed by atoms with Gasteiger partial charge in [0.1, 0.15) is 0 Å². The Kier molecular flexibility index (Phi) is 4.59. The number of ether oxygens (including phenoxy) is 1. The third-order valence-corrected chi connectivity index (χ3v) is 4.35. The molecule has 104 valence electrons. The van der Waals surface area contributed by atoms with Gasteiger partial charge in [0.25, 0.3) is 0 Å². The van der Waals surface area contributed by atoms with Gasteiger partial charge >= 0.3 is 0 Å². The Hall–Kier alpha value is -0.650. The van der Waals surface area contributed by atoms with Crippen LogP contribution in [-0.4, -0.2) is 75.2 Å². The molecule has 0 aromatic carbocycles. The molecule has 2 fully saturated rings. The van der Waals surface area contributed by atoms with Gasteiger partial charge in [0.2, 0.25) is 5.91 Å². The van der Waals surface area contributed by atoms with Crippen LogP contribution in [0.4, 0.5) is 0 Å². The van der Waals surface area contributed by atoms with Crippen molar-refractivity contribution in [1.29, 1.82) is 0 Å². The smallest absolute Gasteiger partial charge is 0.229 e. The standard InChI is InChI=1S/C13H25N3O2/c1-14-12-9-18-8-11(12)13(17)16(3)10-4-6-15(2)7-5-10/h10-12,14H,4-9H2,1-3H3. The number of carbonyl (C=O) groups is 1. The molecule has 2 unspecified atom stereocenters. The summed E-state index contributed by atoms with van der Waals surface area (Å²) < 4.78 is 5.42. The highest BCUT2D eigenvalue weighted by molar-refractivity contribution is 5.80. The first-order valence-electron chi connectivity index (χ1n) is 6.83. The van der Waals surface area contributed by atoms with Crippen molar-refractivity contribution in [2.24, 2.45) is 5.92 Å². The van der Waals surface area contributed by atoms with E-state index in [4.69, 9.17) is 4.74 Å². The van der Waals surface area contributed by atoms with Crippen molar-refractivity contribution in [1.82, 2.24) is 15.1 Å². The molecule has 0 aromatic heterocycles. The molecule has 2 aliphatic heterocycles. The highest BCUT2D eigenvalue weighted by Gasteiger charge is 2.36. The van der Waals surface area contributed by atoms with E-state index in [1.165, 1.54) is 0 Å². The zero-order valence-electron chi connectivity index (χ0n) is 11.7. The summed E-state index contributed by atoms with van der Waals surface area (Å²) in [6.45, 7) is 3.37. The van der Waals surface area contributed by atoms with Gasteiger partial charge in [-0.25, -0.2) is 0 Å². The predicted molar refractivity (Wildman–Crippen MR) is 70.4 cm³/mol. The third kappa shape index (κ3) is 2.84. The highest BCUT2D eigenvalue weighted by atomic mass is 16.5. The molecular formula is C13H25N3O2. The number of hydrogen-bond donors (Lipinski definition) is 1. The number of likely N-dealkylation sites (tertiary alicyclic amines) is 1. The van der Waals surface area contributed by atoms with Crippen molar-refractivity contribution in [2.75, 3.05) is 47.4 Å². The van der Waals surface area contributed by atoms with Crippen LogP contribution in [0.2, 0.25) is 0 Å². The zero-order chi connectivity index (χ0) is 13.1. The van der Waals surface area contributed by atoms with Gasteiger partial charge in [-0.1, -0.05) is 0 Å². The second-order valence-electron chi connectivity index (χ2n) is 5.52. The van der Waals surface area contributed by atoms with Crippen LogP contribution < -0.4 is 5.32 Å². The van der Waals surface area contributed by atoms with Gasteiger partial charge in [-0.3, -0.25) is 4.79 Å². The number of nitrogens with zero attached hydrogens (tertiary/aromatic N) is 2. The average molecular weight is 255 g/mol. The molecule has 1 amide bonds. The highest BCUT2D eigenvalue weighted by Crippen LogP contribution is 2.20. The molecule has 2 saturated heterocycles. The summed E-state index contributed by atoms with van der Waals surface area (Å²) in [6, 6.07) is 0.568. The molecule has 0 aliphatic carbocycles. The molecule has 2 atom stereocenters. The first kappa shape index (κ1) is 13.8. The first-order chi connectivity index (χ1) is 8.63. The average Bonchev–Trinajstić information content (AvgIpc) is 2.86. The van der Waals surface area contributed by atoms with Crippen molar-refractivity contribution in [3.8, 4) is 0 Å². The number of hydrogen-bond acceptors (Lipinski definition) is 4. The van der Waals surface area contributed by atoms with Crippen LogP contribution in [0.3, 0.4) is 0 Å². The number of amides is 1. The van der Waals surface area contributed by atoms with Crippen LogP contribution in [0.5, 0.6) is 0 Å². The number of rotatable bonds is 3. The van der Waals surface area contributed by atoms with E-state index in [-0.39, 0.29) is 17.9 Å². The van der Waals surface area contributed by atoms with Crippen LogP contribution in [0.15, 0.2) is 0 Å². The minimum atomic E-state index is -0.0142. The molecule has 0 radical (unpaired) electrons. The molecule has 2 heterocycles. The Morgan fingerprint density at radius 3 is 2.61 bits per heavy atom. The maximum atomic E-state index is 12.5. The normalized spacial score (nSPS) is 30.6. The lowest BCUT2D eigenvalue weighted by atomic mass is 9.98. The maximum Gasteiger partial charge on any atom is 0.229 e. The molecule has 0 saturated carbocycles. The second-order valence-corrected chi connectivity index (χ2v) is 5.52. The van der Waals surface area contributed by atoms with E-state index in [1.54, 1.807) is 0 Å². The fraction of sp³-hybridized carbons (Fsp3) is 0.923. The summed E-state index contributed by atoms with van der Waals surface area (Å²) in [7, 11) is 5.98. The summed E-state index contributed by atoms with van der Waals surface area (Å²) >= 11 is 0. The Bertz CT molecular complexity index is 290. The Labute approximate surface area is 109 Å². The lowest BCUT2D eigenvalue weighted by molar-refractivity contribution is -0.137. The number of piperidine rings is 1. The first-order valence-corrected chi connectivity index (χ1v) is 6.83. The topological polar surface area (TPSA) is 44.8 Å². The van der Waals surface area contributed by atoms with Crippen molar-refractivity contribution in [3.05, 3.63) is 0 Å². The quantitative estimate of drug-likeness (QED) is 0.757. The molecule has 5 heteroatoms. The van der Waals surface area contributed by atoms with Crippen molar-refractivity contribution in [2.45, 2.75) is 24.9 Å². The van der Waals surface area contributed by atoms with E-state index in [2.05, 4.69) is 17.3 Å². The molecule has 5 nitrogen and oxygen atoms in total. The summed E-state index contributed by atoms with van der Waals surface area (Å²) in [4.78, 5) is 16.8. The van der Waals surface area contributed by atoms with E-state index < -0.39 is 0 Å². The Balaban J connectivity index is 1.91. The fourth-order valence-electron chi connectivity index (χ4n) is 2.91. The molecule has 2 aliphatic rings. The van der Waals surface area contributed by atoms with E-state index in [0.29, 0.717) is 19.3 Å². The molecule has 0 aromatic rings. The Morgan fingerprint density at radius 2 is 2.00 bits per heavy atom. The molecular weight excluding hydrogens is 230 g/mol. The largest absolute Gasteiger partial charge is 0.379 e. The molecule has 18 heavy (non-hydrogen) atoms. The van der Waals surface area contributed by atoms with Gasteiger partial charge in [0.15, 0.2) is 0 Å². The van der Waals surface area contributed by atoms with Gasteiger partial charge in [0, 0.05) is 19.1 Å². The molecule has 0 spiro atoms. The second kappa shape index (κ2) is 5.99. The lowest BCUT2D eigenvalue weighted by Crippen LogP contribution is -2.49. The van der Waals surface area contributed by atoms with E-state index in [1.807, 2.05) is 19.0 Å². The monoisotopic (exact) mass is 255 g/mol. The molecule has 1 N–H and O–H groups in total. The van der Waals surface area contributed by atoms with Gasteiger partial charge in [-0.05, 0) is 40.0 Å². The SMILES string of the molecule is CNC1COCC1C(=O)N(C)C1CCN(C)CC1. The molecule has 2 rings (SSSR count). The Morgan fingerprint density at radius 1 is 1.33 bits per heavy atom. The molecule has 0 bridgehead atoms. The number of nitrogens with one attached hydrogen (secondary N) is 1. The van der Waals surface area contributed by atoms with Crippen LogP contribution in [0.1, 0.15) is 12.8 Å². The number of carbonyl (C=O) groups excluding carboxylic acids is 1. The summed E-state index contributed by atoms with van der Waals surface area (Å²) in [6.07, 6.45) is 2.16. The van der Waals surface area contributed by atoms with Crippen molar-refractivity contribution >= 4 is 5.91 Å². The van der Waals surface area contributed by atoms with E-state index in [0.717, 1.165) is 25.9 Å². The van der Waals surface area contributed by atoms with Gasteiger partial charge in [-0.15, -0.1) is 0 Å². The van der Waals surface area contributed by atoms with Gasteiger partial charge in [-0.2, -0.15) is 0 Å². The van der Waals surface area contributed by atoms with Gasteiger partial charge < -0.3 is 19.9 Å².